The second-order valence-electron chi connectivity index (χ2n) is 6.34. The summed E-state index contributed by atoms with van der Waals surface area (Å²) in [7, 11) is 0. The van der Waals surface area contributed by atoms with Crippen molar-refractivity contribution in [2.24, 2.45) is 0 Å². The normalized spacial score (nSPS) is 10.9. The van der Waals surface area contributed by atoms with Crippen molar-refractivity contribution in [3.05, 3.63) is 99.4 Å². The van der Waals surface area contributed by atoms with Crippen molar-refractivity contribution in [3.8, 4) is 0 Å². The van der Waals surface area contributed by atoms with Crippen molar-refractivity contribution < 1.29 is 14.0 Å². The molecule has 0 unspecified atom stereocenters. The number of anilines is 1. The molecule has 3 aromatic carbocycles. The fourth-order valence-electron chi connectivity index (χ4n) is 3.06. The molecule has 1 amide bonds. The van der Waals surface area contributed by atoms with Gasteiger partial charge >= 0.3 is 0 Å². The third kappa shape index (κ3) is 3.75. The predicted molar refractivity (Wildman–Crippen MR) is 113 cm³/mol. The third-order valence-corrected chi connectivity index (χ3v) is 4.99. The lowest BCUT2D eigenvalue weighted by molar-refractivity contribution is 0.102. The fourth-order valence-corrected chi connectivity index (χ4v) is 3.48. The van der Waals surface area contributed by atoms with Gasteiger partial charge in [0.05, 0.1) is 16.3 Å². The molecule has 4 nitrogen and oxygen atoms in total. The smallest absolute Gasteiger partial charge is 0.257 e. The summed E-state index contributed by atoms with van der Waals surface area (Å²) in [6.45, 7) is 0. The molecule has 0 spiro atoms. The van der Waals surface area contributed by atoms with Crippen LogP contribution in [-0.4, -0.2) is 16.7 Å². The van der Waals surface area contributed by atoms with E-state index in [4.69, 9.17) is 23.2 Å². The molecule has 0 saturated carbocycles. The highest BCUT2D eigenvalue weighted by atomic mass is 35.5. The minimum absolute atomic E-state index is 0.0266. The first-order valence-electron chi connectivity index (χ1n) is 8.61. The first kappa shape index (κ1) is 19.2. The van der Waals surface area contributed by atoms with Crippen LogP contribution in [-0.2, 0) is 0 Å². The molecule has 7 heteroatoms. The maximum atomic E-state index is 13.3. The average molecular weight is 427 g/mol. The lowest BCUT2D eigenvalue weighted by Crippen LogP contribution is -2.15. The Morgan fingerprint density at radius 1 is 0.931 bits per heavy atom. The van der Waals surface area contributed by atoms with Gasteiger partial charge in [0.15, 0.2) is 0 Å². The highest BCUT2D eigenvalue weighted by molar-refractivity contribution is 6.35. The molecule has 29 heavy (non-hydrogen) atoms. The molecule has 4 aromatic rings. The summed E-state index contributed by atoms with van der Waals surface area (Å²) < 4.78 is 13.3. The lowest BCUT2D eigenvalue weighted by Gasteiger charge is -2.09. The summed E-state index contributed by atoms with van der Waals surface area (Å²) in [5.74, 6) is -1.40. The summed E-state index contributed by atoms with van der Waals surface area (Å²) in [4.78, 5) is 28.9. The zero-order valence-corrected chi connectivity index (χ0v) is 16.3. The Morgan fingerprint density at radius 2 is 1.69 bits per heavy atom. The molecule has 0 aliphatic heterocycles. The van der Waals surface area contributed by atoms with Crippen LogP contribution in [0.5, 0.6) is 0 Å². The van der Waals surface area contributed by atoms with Crippen molar-refractivity contribution in [3.63, 3.8) is 0 Å². The number of nitrogens with one attached hydrogen (secondary N) is 2. The molecule has 4 rings (SSSR count). The van der Waals surface area contributed by atoms with E-state index in [1.165, 1.54) is 6.07 Å². The van der Waals surface area contributed by atoms with Crippen LogP contribution >= 0.6 is 23.2 Å². The van der Waals surface area contributed by atoms with Crippen LogP contribution in [0.1, 0.15) is 26.4 Å². The van der Waals surface area contributed by atoms with E-state index < -0.39 is 11.7 Å². The first-order valence-corrected chi connectivity index (χ1v) is 9.37. The average Bonchev–Trinajstić information content (AvgIpc) is 3.05. The molecule has 0 aliphatic rings. The molecule has 144 valence electrons. The van der Waals surface area contributed by atoms with Crippen LogP contribution in [0.4, 0.5) is 10.1 Å². The Balaban J connectivity index is 1.81. The van der Waals surface area contributed by atoms with E-state index in [1.807, 2.05) is 0 Å². The molecular formula is C22H13Cl2FN2O2. The monoisotopic (exact) mass is 426 g/mol. The van der Waals surface area contributed by atoms with Crippen molar-refractivity contribution >= 4 is 51.5 Å². The number of amides is 1. The number of H-pyrrole nitrogens is 1. The van der Waals surface area contributed by atoms with E-state index in [0.29, 0.717) is 27.2 Å². The molecule has 1 aromatic heterocycles. The Kier molecular flexibility index (Phi) is 5.09. The van der Waals surface area contributed by atoms with Gasteiger partial charge in [-0.15, -0.1) is 0 Å². The second kappa shape index (κ2) is 7.70. The molecule has 2 N–H and O–H groups in total. The number of ketones is 1. The van der Waals surface area contributed by atoms with Gasteiger partial charge in [-0.05, 0) is 36.4 Å². The maximum absolute atomic E-state index is 13.3. The van der Waals surface area contributed by atoms with E-state index in [1.54, 1.807) is 48.5 Å². The van der Waals surface area contributed by atoms with Crippen LogP contribution in [0, 0.1) is 5.82 Å². The van der Waals surface area contributed by atoms with E-state index in [0.717, 1.165) is 12.1 Å². The summed E-state index contributed by atoms with van der Waals surface area (Å²) in [6.07, 6.45) is 0. The standard InChI is InChI=1S/C22H13Cl2FN2O2/c23-13-6-8-16-18(10-13)26-20(21(28)12-4-2-1-3-5-12)19(16)27-22(29)15-9-7-14(25)11-17(15)24/h1-11,26H,(H,27,29). The molecule has 0 fully saturated rings. The molecule has 0 saturated heterocycles. The van der Waals surface area contributed by atoms with E-state index in [9.17, 15) is 14.0 Å². The van der Waals surface area contributed by atoms with Gasteiger partial charge in [0.1, 0.15) is 11.5 Å². The minimum atomic E-state index is -0.562. The lowest BCUT2D eigenvalue weighted by atomic mass is 10.1. The third-order valence-electron chi connectivity index (χ3n) is 4.44. The van der Waals surface area contributed by atoms with E-state index in [-0.39, 0.29) is 22.1 Å². The molecule has 0 atom stereocenters. The van der Waals surface area contributed by atoms with Crippen LogP contribution in [0.25, 0.3) is 10.9 Å². The topological polar surface area (TPSA) is 62.0 Å². The zero-order chi connectivity index (χ0) is 20.5. The van der Waals surface area contributed by atoms with Gasteiger partial charge in [0.25, 0.3) is 5.91 Å². The van der Waals surface area contributed by atoms with Gasteiger partial charge < -0.3 is 10.3 Å². The van der Waals surface area contributed by atoms with Crippen LogP contribution in [0.3, 0.4) is 0 Å². The maximum Gasteiger partial charge on any atom is 0.257 e. The number of carbonyl (C=O) groups excluding carboxylic acids is 2. The van der Waals surface area contributed by atoms with Crippen molar-refractivity contribution in [1.82, 2.24) is 4.98 Å². The Morgan fingerprint density at radius 3 is 2.41 bits per heavy atom. The largest absolute Gasteiger partial charge is 0.350 e. The first-order chi connectivity index (χ1) is 13.9. The summed E-state index contributed by atoms with van der Waals surface area (Å²) in [5, 5.41) is 3.81. The van der Waals surface area contributed by atoms with E-state index in [2.05, 4.69) is 10.3 Å². The minimum Gasteiger partial charge on any atom is -0.350 e. The SMILES string of the molecule is O=C(Nc1c(C(=O)c2ccccc2)[nH]c2cc(Cl)ccc12)c1ccc(F)cc1Cl. The molecule has 0 aliphatic carbocycles. The number of aromatic amines is 1. The predicted octanol–water partition coefficient (Wildman–Crippen LogP) is 6.10. The summed E-state index contributed by atoms with van der Waals surface area (Å²) >= 11 is 12.1. The molecular weight excluding hydrogens is 414 g/mol. The quantitative estimate of drug-likeness (QED) is 0.387. The van der Waals surface area contributed by atoms with Crippen LogP contribution in [0.2, 0.25) is 10.0 Å². The van der Waals surface area contributed by atoms with Crippen molar-refractivity contribution in [2.75, 3.05) is 5.32 Å². The van der Waals surface area contributed by atoms with Crippen molar-refractivity contribution in [1.29, 1.82) is 0 Å². The number of fused-ring (bicyclic) bond motifs is 1. The van der Waals surface area contributed by atoms with Crippen LogP contribution < -0.4 is 5.32 Å². The number of carbonyl (C=O) groups is 2. The van der Waals surface area contributed by atoms with Crippen molar-refractivity contribution in [2.45, 2.75) is 0 Å². The van der Waals surface area contributed by atoms with Gasteiger partial charge in [-0.3, -0.25) is 9.59 Å². The van der Waals surface area contributed by atoms with Gasteiger partial charge in [0.2, 0.25) is 5.78 Å². The number of halogens is 3. The fraction of sp³-hybridized carbons (Fsp3) is 0. The van der Waals surface area contributed by atoms with Gasteiger partial charge in [-0.25, -0.2) is 4.39 Å². The summed E-state index contributed by atoms with van der Waals surface area (Å²) in [5.41, 5.74) is 1.66. The van der Waals surface area contributed by atoms with Gasteiger partial charge in [-0.2, -0.15) is 0 Å². The Bertz CT molecular complexity index is 1250. The van der Waals surface area contributed by atoms with Gasteiger partial charge in [0, 0.05) is 21.5 Å². The second-order valence-corrected chi connectivity index (χ2v) is 7.18. The Labute approximate surface area is 175 Å². The zero-order valence-electron chi connectivity index (χ0n) is 14.8. The number of benzene rings is 3. The summed E-state index contributed by atoms with van der Waals surface area (Å²) in [6, 6.07) is 17.2. The Hall–Kier alpha value is -3.15. The number of rotatable bonds is 4. The highest BCUT2D eigenvalue weighted by Gasteiger charge is 2.22. The van der Waals surface area contributed by atoms with E-state index >= 15 is 0 Å². The van der Waals surface area contributed by atoms with Gasteiger partial charge in [-0.1, -0.05) is 53.5 Å². The molecule has 0 radical (unpaired) electrons. The number of hydrogen-bond acceptors (Lipinski definition) is 2. The van der Waals surface area contributed by atoms with Crippen LogP contribution in [0.15, 0.2) is 66.7 Å². The molecule has 0 bridgehead atoms. The molecule has 1 heterocycles. The highest BCUT2D eigenvalue weighted by Crippen LogP contribution is 2.32. The number of aromatic nitrogens is 1. The number of hydrogen-bond donors (Lipinski definition) is 2.